The molecule has 1 fully saturated rings. The van der Waals surface area contributed by atoms with Crippen LogP contribution in [-0.2, 0) is 0 Å². The molecule has 0 aromatic heterocycles. The Morgan fingerprint density at radius 1 is 1.50 bits per heavy atom. The minimum absolute atomic E-state index is 0.562. The first-order chi connectivity index (χ1) is 6.67. The number of amidine groups is 1. The summed E-state index contributed by atoms with van der Waals surface area (Å²) in [5.41, 5.74) is 6.48. The molecule has 2 heteroatoms. The molecule has 1 rings (SSSR count). The van der Waals surface area contributed by atoms with Crippen LogP contribution in [0.15, 0.2) is 4.99 Å². The van der Waals surface area contributed by atoms with Crippen LogP contribution in [0.25, 0.3) is 0 Å². The highest BCUT2D eigenvalue weighted by Crippen LogP contribution is 2.47. The Kier molecular flexibility index (Phi) is 3.97. The first-order valence-corrected chi connectivity index (χ1v) is 5.89. The third kappa shape index (κ3) is 2.28. The molecular formula is C12H24N2. The predicted molar refractivity (Wildman–Crippen MR) is 62.5 cm³/mol. The quantitative estimate of drug-likeness (QED) is 0.545. The summed E-state index contributed by atoms with van der Waals surface area (Å²) < 4.78 is 0. The second kappa shape index (κ2) is 4.81. The summed E-state index contributed by atoms with van der Waals surface area (Å²) >= 11 is 0. The normalized spacial score (nSPS) is 33.6. The molecule has 0 amide bonds. The first kappa shape index (κ1) is 11.5. The Morgan fingerprint density at radius 2 is 2.21 bits per heavy atom. The van der Waals surface area contributed by atoms with Gasteiger partial charge in [-0.15, -0.1) is 0 Å². The van der Waals surface area contributed by atoms with E-state index in [1.165, 1.54) is 38.5 Å². The monoisotopic (exact) mass is 196 g/mol. The maximum Gasteiger partial charge on any atom is 0.0965 e. The molecule has 2 N–H and O–H groups in total. The summed E-state index contributed by atoms with van der Waals surface area (Å²) in [6, 6.07) is 0. The maximum absolute atomic E-state index is 5.90. The van der Waals surface area contributed by atoms with Crippen molar-refractivity contribution in [3.8, 4) is 0 Å². The van der Waals surface area contributed by atoms with Crippen LogP contribution in [0, 0.1) is 11.3 Å². The number of hydrogen-bond acceptors (Lipinski definition) is 1. The SMILES string of the molecule is CCCC1(CC)CCC(C(N)=NC)C1. The zero-order valence-corrected chi connectivity index (χ0v) is 9.84. The number of nitrogens with two attached hydrogens (primary N) is 1. The van der Waals surface area contributed by atoms with Crippen LogP contribution in [0.2, 0.25) is 0 Å². The van der Waals surface area contributed by atoms with Gasteiger partial charge in [0.2, 0.25) is 0 Å². The Morgan fingerprint density at radius 3 is 2.71 bits per heavy atom. The number of aliphatic imine (C=N–C) groups is 1. The van der Waals surface area contributed by atoms with Crippen molar-refractivity contribution in [3.05, 3.63) is 0 Å². The number of rotatable bonds is 4. The molecule has 0 heterocycles. The molecule has 0 radical (unpaired) electrons. The van der Waals surface area contributed by atoms with Gasteiger partial charge >= 0.3 is 0 Å². The Hall–Kier alpha value is -0.530. The molecule has 0 aromatic rings. The molecule has 1 aliphatic carbocycles. The third-order valence-electron chi connectivity index (χ3n) is 3.91. The van der Waals surface area contributed by atoms with Gasteiger partial charge in [-0.25, -0.2) is 0 Å². The lowest BCUT2D eigenvalue weighted by molar-refractivity contribution is 0.253. The summed E-state index contributed by atoms with van der Waals surface area (Å²) in [6.07, 6.45) is 7.81. The lowest BCUT2D eigenvalue weighted by Gasteiger charge is -2.27. The molecule has 0 saturated heterocycles. The summed E-state index contributed by atoms with van der Waals surface area (Å²) in [6.45, 7) is 4.60. The molecule has 2 nitrogen and oxygen atoms in total. The Bertz CT molecular complexity index is 210. The molecule has 2 unspecified atom stereocenters. The Balaban J connectivity index is 2.61. The maximum atomic E-state index is 5.90. The molecule has 2 atom stereocenters. The highest BCUT2D eigenvalue weighted by molar-refractivity contribution is 5.83. The van der Waals surface area contributed by atoms with Gasteiger partial charge in [0.05, 0.1) is 5.84 Å². The van der Waals surface area contributed by atoms with E-state index in [1.54, 1.807) is 7.05 Å². The van der Waals surface area contributed by atoms with Gasteiger partial charge in [0, 0.05) is 13.0 Å². The fourth-order valence-electron chi connectivity index (χ4n) is 2.90. The van der Waals surface area contributed by atoms with Gasteiger partial charge in [0.25, 0.3) is 0 Å². The topological polar surface area (TPSA) is 38.4 Å². The number of nitrogens with zero attached hydrogens (tertiary/aromatic N) is 1. The van der Waals surface area contributed by atoms with Crippen molar-refractivity contribution in [3.63, 3.8) is 0 Å². The van der Waals surface area contributed by atoms with Crippen LogP contribution in [0.4, 0.5) is 0 Å². The molecule has 0 bridgehead atoms. The van der Waals surface area contributed by atoms with E-state index in [0.717, 1.165) is 5.84 Å². The van der Waals surface area contributed by atoms with Crippen molar-refractivity contribution in [2.24, 2.45) is 22.1 Å². The summed E-state index contributed by atoms with van der Waals surface area (Å²) in [5, 5.41) is 0. The fraction of sp³-hybridized carbons (Fsp3) is 0.917. The molecule has 1 saturated carbocycles. The highest BCUT2D eigenvalue weighted by atomic mass is 14.8. The largest absolute Gasteiger partial charge is 0.387 e. The van der Waals surface area contributed by atoms with Gasteiger partial charge in [0.15, 0.2) is 0 Å². The molecule has 1 aliphatic rings. The van der Waals surface area contributed by atoms with Crippen molar-refractivity contribution in [2.45, 2.75) is 52.4 Å². The van der Waals surface area contributed by atoms with E-state index in [-0.39, 0.29) is 0 Å². The van der Waals surface area contributed by atoms with Crippen LogP contribution in [0.1, 0.15) is 52.4 Å². The van der Waals surface area contributed by atoms with Crippen LogP contribution in [0.3, 0.4) is 0 Å². The van der Waals surface area contributed by atoms with E-state index in [1.807, 2.05) is 0 Å². The third-order valence-corrected chi connectivity index (χ3v) is 3.91. The van der Waals surface area contributed by atoms with E-state index in [9.17, 15) is 0 Å². The van der Waals surface area contributed by atoms with Gasteiger partial charge in [-0.1, -0.05) is 26.7 Å². The Labute approximate surface area is 88.0 Å². The molecule has 0 aromatic carbocycles. The lowest BCUT2D eigenvalue weighted by Crippen LogP contribution is -2.23. The van der Waals surface area contributed by atoms with Crippen molar-refractivity contribution in [1.29, 1.82) is 0 Å². The lowest BCUT2D eigenvalue weighted by atomic mass is 9.78. The fourth-order valence-corrected chi connectivity index (χ4v) is 2.90. The average molecular weight is 196 g/mol. The first-order valence-electron chi connectivity index (χ1n) is 5.89. The van der Waals surface area contributed by atoms with Gasteiger partial charge in [-0.2, -0.15) is 0 Å². The van der Waals surface area contributed by atoms with Crippen molar-refractivity contribution >= 4 is 5.84 Å². The minimum Gasteiger partial charge on any atom is -0.387 e. The van der Waals surface area contributed by atoms with Crippen molar-refractivity contribution in [1.82, 2.24) is 0 Å². The van der Waals surface area contributed by atoms with Gasteiger partial charge in [-0.05, 0) is 31.1 Å². The molecule has 14 heavy (non-hydrogen) atoms. The summed E-state index contributed by atoms with van der Waals surface area (Å²) in [5.74, 6) is 1.43. The van der Waals surface area contributed by atoms with Crippen LogP contribution in [-0.4, -0.2) is 12.9 Å². The van der Waals surface area contributed by atoms with Gasteiger partial charge < -0.3 is 5.73 Å². The van der Waals surface area contributed by atoms with Gasteiger partial charge in [-0.3, -0.25) is 4.99 Å². The summed E-state index contributed by atoms with van der Waals surface area (Å²) in [4.78, 5) is 4.12. The summed E-state index contributed by atoms with van der Waals surface area (Å²) in [7, 11) is 1.81. The molecular weight excluding hydrogens is 172 g/mol. The van der Waals surface area contributed by atoms with E-state index < -0.39 is 0 Å². The van der Waals surface area contributed by atoms with Crippen LogP contribution < -0.4 is 5.73 Å². The molecule has 0 aliphatic heterocycles. The van der Waals surface area contributed by atoms with E-state index in [0.29, 0.717) is 11.3 Å². The number of hydrogen-bond donors (Lipinski definition) is 1. The van der Waals surface area contributed by atoms with E-state index in [4.69, 9.17) is 5.73 Å². The van der Waals surface area contributed by atoms with E-state index in [2.05, 4.69) is 18.8 Å². The minimum atomic E-state index is 0.562. The second-order valence-electron chi connectivity index (χ2n) is 4.69. The zero-order valence-electron chi connectivity index (χ0n) is 9.84. The predicted octanol–water partition coefficient (Wildman–Crippen LogP) is 2.97. The standard InChI is InChI=1S/C12H24N2/c1-4-7-12(5-2)8-6-10(9-12)11(13)14-3/h10H,4-9H2,1-3H3,(H2,13,14). The van der Waals surface area contributed by atoms with Crippen molar-refractivity contribution in [2.75, 3.05) is 7.05 Å². The van der Waals surface area contributed by atoms with E-state index >= 15 is 0 Å². The smallest absolute Gasteiger partial charge is 0.0965 e. The van der Waals surface area contributed by atoms with Gasteiger partial charge in [0.1, 0.15) is 0 Å². The molecule has 82 valence electrons. The molecule has 0 spiro atoms. The van der Waals surface area contributed by atoms with Crippen LogP contribution in [0.5, 0.6) is 0 Å². The second-order valence-corrected chi connectivity index (χ2v) is 4.69. The highest BCUT2D eigenvalue weighted by Gasteiger charge is 2.37. The van der Waals surface area contributed by atoms with Crippen molar-refractivity contribution < 1.29 is 0 Å². The van der Waals surface area contributed by atoms with Crippen LogP contribution >= 0.6 is 0 Å². The average Bonchev–Trinajstić information content (AvgIpc) is 2.62. The zero-order chi connectivity index (χ0) is 10.6.